The Morgan fingerprint density at radius 1 is 0.525 bits per heavy atom. The lowest BCUT2D eigenvalue weighted by molar-refractivity contribution is 0.667. The van der Waals surface area contributed by atoms with Gasteiger partial charge in [-0.25, -0.2) is 0 Å². The van der Waals surface area contributed by atoms with Gasteiger partial charge in [-0.05, 0) is 54.6 Å². The summed E-state index contributed by atoms with van der Waals surface area (Å²) in [6.45, 7) is 0. The summed E-state index contributed by atoms with van der Waals surface area (Å²) in [5.41, 5.74) is 6.31. The zero-order valence-electron chi connectivity index (χ0n) is 21.0. The quantitative estimate of drug-likeness (QED) is 0.226. The summed E-state index contributed by atoms with van der Waals surface area (Å²) in [4.78, 5) is 10.8. The average Bonchev–Trinajstić information content (AvgIpc) is 3.68. The van der Waals surface area contributed by atoms with Crippen molar-refractivity contribution in [3.8, 4) is 0 Å². The molecule has 0 atom stereocenters. The minimum Gasteiger partial charge on any atom is -0.454 e. The Morgan fingerprint density at radius 3 is 1.80 bits per heavy atom. The molecule has 0 saturated carbocycles. The van der Waals surface area contributed by atoms with E-state index in [1.54, 1.807) is 24.8 Å². The van der Waals surface area contributed by atoms with E-state index in [-0.39, 0.29) is 0 Å². The number of benzene rings is 4. The van der Waals surface area contributed by atoms with Crippen molar-refractivity contribution >= 4 is 92.4 Å². The van der Waals surface area contributed by atoms with Crippen LogP contribution in [0.25, 0.3) is 64.0 Å². The number of fused-ring (bicyclic) bond motifs is 9. The number of furan rings is 2. The van der Waals surface area contributed by atoms with Gasteiger partial charge in [0, 0.05) is 77.6 Å². The Balaban J connectivity index is 1.35. The Kier molecular flexibility index (Phi) is 4.42. The van der Waals surface area contributed by atoms with E-state index in [2.05, 4.69) is 93.7 Å². The highest BCUT2D eigenvalue weighted by Crippen LogP contribution is 2.46. The van der Waals surface area contributed by atoms with E-state index >= 15 is 0 Å². The second-order valence-corrected chi connectivity index (χ2v) is 11.0. The smallest absolute Gasteiger partial charge is 0.153 e. The Hall–Kier alpha value is -5.20. The van der Waals surface area contributed by atoms with E-state index < -0.39 is 0 Å². The minimum absolute atomic E-state index is 0.782. The first-order valence-corrected chi connectivity index (χ1v) is 13.9. The maximum atomic E-state index is 6.26. The van der Waals surface area contributed by atoms with Crippen molar-refractivity contribution in [1.29, 1.82) is 0 Å². The van der Waals surface area contributed by atoms with E-state index in [4.69, 9.17) is 8.83 Å². The Morgan fingerprint density at radius 2 is 1.12 bits per heavy atom. The van der Waals surface area contributed by atoms with Crippen LogP contribution in [0.2, 0.25) is 0 Å². The van der Waals surface area contributed by atoms with Crippen LogP contribution in [0.4, 0.5) is 17.1 Å². The first-order valence-electron chi connectivity index (χ1n) is 13.0. The molecule has 0 bridgehead atoms. The molecule has 0 fully saturated rings. The highest BCUT2D eigenvalue weighted by atomic mass is 32.1. The molecule has 0 aliphatic carbocycles. The number of hydrogen-bond donors (Lipinski definition) is 0. The van der Waals surface area contributed by atoms with Crippen LogP contribution in [0.3, 0.4) is 0 Å². The summed E-state index contributed by atoms with van der Waals surface area (Å²) in [5.74, 6) is 0. The first-order chi connectivity index (χ1) is 19.8. The molecule has 40 heavy (non-hydrogen) atoms. The van der Waals surface area contributed by atoms with Crippen molar-refractivity contribution in [2.45, 2.75) is 0 Å². The lowest BCUT2D eigenvalue weighted by atomic mass is 10.1. The number of hydrogen-bond acceptors (Lipinski definition) is 6. The van der Waals surface area contributed by atoms with E-state index in [1.807, 2.05) is 23.5 Å². The molecule has 9 rings (SSSR count). The number of rotatable bonds is 3. The first kappa shape index (κ1) is 21.7. The molecule has 0 radical (unpaired) electrons. The van der Waals surface area contributed by atoms with Crippen molar-refractivity contribution in [3.63, 3.8) is 0 Å². The van der Waals surface area contributed by atoms with Crippen LogP contribution in [0.5, 0.6) is 0 Å². The molecule has 0 aliphatic heterocycles. The molecule has 0 spiro atoms. The van der Waals surface area contributed by atoms with Gasteiger partial charge in [-0.15, -0.1) is 11.3 Å². The molecule has 0 N–H and O–H groups in total. The molecule has 0 unspecified atom stereocenters. The predicted octanol–water partition coefficient (Wildman–Crippen LogP) is 10.1. The van der Waals surface area contributed by atoms with Gasteiger partial charge >= 0.3 is 0 Å². The largest absolute Gasteiger partial charge is 0.454 e. The lowest BCUT2D eigenvalue weighted by Crippen LogP contribution is -2.10. The SMILES string of the molecule is c1ccc2c(c1)sc1cccc(N(c3ccc4c(c3)oc3cnccc34)c3ccc4c(c3)oc3cnccc34)c12. The third kappa shape index (κ3) is 3.08. The van der Waals surface area contributed by atoms with Gasteiger partial charge in [-0.3, -0.25) is 9.97 Å². The molecule has 0 amide bonds. The van der Waals surface area contributed by atoms with Crippen molar-refractivity contribution in [2.24, 2.45) is 0 Å². The van der Waals surface area contributed by atoms with E-state index in [1.165, 1.54) is 20.2 Å². The van der Waals surface area contributed by atoms with Crippen molar-refractivity contribution < 1.29 is 8.83 Å². The van der Waals surface area contributed by atoms with Crippen molar-refractivity contribution in [1.82, 2.24) is 9.97 Å². The van der Waals surface area contributed by atoms with Gasteiger partial charge in [0.1, 0.15) is 11.2 Å². The van der Waals surface area contributed by atoms with E-state index in [9.17, 15) is 0 Å². The summed E-state index contributed by atoms with van der Waals surface area (Å²) < 4.78 is 15.0. The number of nitrogens with zero attached hydrogens (tertiary/aromatic N) is 3. The fraction of sp³-hybridized carbons (Fsp3) is 0. The fourth-order valence-electron chi connectivity index (χ4n) is 5.89. The summed E-state index contributed by atoms with van der Waals surface area (Å²) >= 11 is 1.82. The van der Waals surface area contributed by atoms with Crippen molar-refractivity contribution in [2.75, 3.05) is 4.90 Å². The van der Waals surface area contributed by atoms with Gasteiger partial charge in [0.2, 0.25) is 0 Å². The number of pyridine rings is 2. The predicted molar refractivity (Wildman–Crippen MR) is 164 cm³/mol. The molecule has 0 aliphatic rings. The average molecular weight is 534 g/mol. The molecule has 6 heteroatoms. The minimum atomic E-state index is 0.782. The van der Waals surface area contributed by atoms with Crippen LogP contribution in [0.1, 0.15) is 0 Å². The second kappa shape index (κ2) is 8.15. The molecule has 5 aromatic heterocycles. The number of anilines is 3. The molecular formula is C34H19N3O2S. The van der Waals surface area contributed by atoms with Gasteiger partial charge in [0.15, 0.2) is 11.2 Å². The van der Waals surface area contributed by atoms with E-state index in [0.717, 1.165) is 60.9 Å². The fourth-order valence-corrected chi connectivity index (χ4v) is 7.01. The zero-order chi connectivity index (χ0) is 26.2. The molecule has 0 saturated heterocycles. The van der Waals surface area contributed by atoms with Crippen molar-refractivity contribution in [3.05, 3.63) is 116 Å². The maximum absolute atomic E-state index is 6.26. The van der Waals surface area contributed by atoms with Crippen LogP contribution >= 0.6 is 11.3 Å². The van der Waals surface area contributed by atoms with Gasteiger partial charge in [0.05, 0.1) is 18.1 Å². The molecule has 5 heterocycles. The zero-order valence-corrected chi connectivity index (χ0v) is 21.9. The van der Waals surface area contributed by atoms with Crippen LogP contribution < -0.4 is 4.90 Å². The standard InChI is InChI=1S/C34H19N3O2S/c1-2-6-32-26(4-1)34-27(5-3-7-33(34)40-32)37(20-8-10-22-24-12-14-35-18-30(24)38-28(22)16-20)21-9-11-23-25-13-15-36-19-31(25)39-29(23)17-21/h1-19H. The molecule has 188 valence electrons. The van der Waals surface area contributed by atoms with E-state index in [0.29, 0.717) is 0 Å². The maximum Gasteiger partial charge on any atom is 0.153 e. The molecule has 5 nitrogen and oxygen atoms in total. The summed E-state index contributed by atoms with van der Waals surface area (Å²) in [6, 6.07) is 32.0. The molecule has 4 aromatic carbocycles. The summed E-state index contributed by atoms with van der Waals surface area (Å²) in [7, 11) is 0. The summed E-state index contributed by atoms with van der Waals surface area (Å²) in [6.07, 6.45) is 7.15. The third-order valence-corrected chi connectivity index (χ3v) is 8.79. The Labute approximate surface area is 231 Å². The highest BCUT2D eigenvalue weighted by Gasteiger charge is 2.21. The van der Waals surface area contributed by atoms with Gasteiger partial charge < -0.3 is 13.7 Å². The molecule has 9 aromatic rings. The monoisotopic (exact) mass is 533 g/mol. The van der Waals surface area contributed by atoms with Crippen LogP contribution in [0, 0.1) is 0 Å². The van der Waals surface area contributed by atoms with Gasteiger partial charge in [-0.1, -0.05) is 24.3 Å². The Bertz CT molecular complexity index is 2300. The topological polar surface area (TPSA) is 55.3 Å². The van der Waals surface area contributed by atoms with Gasteiger partial charge in [-0.2, -0.15) is 0 Å². The lowest BCUT2D eigenvalue weighted by Gasteiger charge is -2.26. The van der Waals surface area contributed by atoms with Crippen LogP contribution in [-0.2, 0) is 0 Å². The normalized spacial score (nSPS) is 12.0. The van der Waals surface area contributed by atoms with Crippen LogP contribution in [-0.4, -0.2) is 9.97 Å². The van der Waals surface area contributed by atoms with Gasteiger partial charge in [0.25, 0.3) is 0 Å². The number of aromatic nitrogens is 2. The third-order valence-electron chi connectivity index (χ3n) is 7.66. The van der Waals surface area contributed by atoms with Crippen LogP contribution in [0.15, 0.2) is 125 Å². The second-order valence-electron chi connectivity index (χ2n) is 9.89. The summed E-state index contributed by atoms with van der Waals surface area (Å²) in [5, 5.41) is 6.74. The highest BCUT2D eigenvalue weighted by molar-refractivity contribution is 7.26. The number of thiophene rings is 1. The molecular weight excluding hydrogens is 514 g/mol.